The van der Waals surface area contributed by atoms with Gasteiger partial charge < -0.3 is 10.1 Å². The van der Waals surface area contributed by atoms with Crippen LogP contribution in [0.3, 0.4) is 0 Å². The highest BCUT2D eigenvalue weighted by atomic mass is 35.5. The van der Waals surface area contributed by atoms with Crippen LogP contribution in [0.15, 0.2) is 54.9 Å². The number of carbonyl (C=O) groups excluding carboxylic acids is 2. The van der Waals surface area contributed by atoms with Crippen LogP contribution in [0.5, 0.6) is 5.75 Å². The van der Waals surface area contributed by atoms with Gasteiger partial charge in [0.05, 0.1) is 23.2 Å². The first-order valence-electron chi connectivity index (χ1n) is 8.57. The summed E-state index contributed by atoms with van der Waals surface area (Å²) >= 11 is 6.05. The third kappa shape index (κ3) is 3.67. The van der Waals surface area contributed by atoms with E-state index < -0.39 is 0 Å². The molecule has 0 radical (unpaired) electrons. The molecule has 1 aromatic heterocycles. The highest BCUT2D eigenvalue weighted by Gasteiger charge is 2.29. The van der Waals surface area contributed by atoms with Crippen LogP contribution in [-0.4, -0.2) is 33.2 Å². The van der Waals surface area contributed by atoms with Crippen molar-refractivity contribution >= 4 is 35.1 Å². The second-order valence-corrected chi connectivity index (χ2v) is 6.56. The van der Waals surface area contributed by atoms with Gasteiger partial charge in [0.2, 0.25) is 11.9 Å². The van der Waals surface area contributed by atoms with Crippen molar-refractivity contribution in [1.82, 2.24) is 14.8 Å². The van der Waals surface area contributed by atoms with E-state index in [1.54, 1.807) is 41.1 Å². The molecule has 1 aliphatic rings. The summed E-state index contributed by atoms with van der Waals surface area (Å²) in [6.07, 6.45) is 1.58. The molecule has 142 valence electrons. The third-order valence-corrected chi connectivity index (χ3v) is 4.61. The Morgan fingerprint density at radius 2 is 2.04 bits per heavy atom. The number of rotatable bonds is 5. The molecule has 0 fully saturated rings. The molecule has 9 heteroatoms. The number of aromatic nitrogens is 3. The van der Waals surface area contributed by atoms with E-state index in [-0.39, 0.29) is 30.9 Å². The fourth-order valence-corrected chi connectivity index (χ4v) is 3.21. The summed E-state index contributed by atoms with van der Waals surface area (Å²) in [7, 11) is 0. The van der Waals surface area contributed by atoms with E-state index in [0.29, 0.717) is 22.4 Å². The molecule has 2 amide bonds. The minimum absolute atomic E-state index is 0.156. The number of fused-ring (bicyclic) bond motifs is 1. The van der Waals surface area contributed by atoms with Gasteiger partial charge >= 0.3 is 0 Å². The molecular formula is C19H16ClN5O3. The molecule has 2 N–H and O–H groups in total. The highest BCUT2D eigenvalue weighted by molar-refractivity contribution is 6.33. The Balaban J connectivity index is 1.51. The van der Waals surface area contributed by atoms with Crippen molar-refractivity contribution in [2.24, 2.45) is 0 Å². The lowest BCUT2D eigenvalue weighted by Gasteiger charge is -2.25. The van der Waals surface area contributed by atoms with Gasteiger partial charge in [-0.25, -0.2) is 4.68 Å². The number of hydrogen-bond acceptors (Lipinski definition) is 5. The number of ether oxygens (including phenoxy) is 1. The molecule has 0 bridgehead atoms. The van der Waals surface area contributed by atoms with Gasteiger partial charge in [0, 0.05) is 5.56 Å². The summed E-state index contributed by atoms with van der Waals surface area (Å²) in [5, 5.41) is 10.0. The number of carbonyl (C=O) groups is 2. The lowest BCUT2D eigenvalue weighted by atomic mass is 10.0. The van der Waals surface area contributed by atoms with E-state index in [2.05, 4.69) is 20.7 Å². The van der Waals surface area contributed by atoms with Gasteiger partial charge in [-0.3, -0.25) is 14.9 Å². The second kappa shape index (κ2) is 7.69. The van der Waals surface area contributed by atoms with Crippen LogP contribution in [0, 0.1) is 0 Å². The van der Waals surface area contributed by atoms with Crippen molar-refractivity contribution in [2.75, 3.05) is 17.2 Å². The second-order valence-electron chi connectivity index (χ2n) is 6.15. The van der Waals surface area contributed by atoms with Crippen LogP contribution in [0.1, 0.15) is 18.0 Å². The van der Waals surface area contributed by atoms with E-state index >= 15 is 0 Å². The van der Waals surface area contributed by atoms with Crippen LogP contribution >= 0.6 is 11.6 Å². The Hall–Kier alpha value is -3.39. The standard InChI is InChI=1S/C19H16ClN5O3/c20-13-6-2-3-7-14(13)23-18(27)10-28-16-8-4-1-5-12(16)15-9-17(26)24-19-21-11-22-25(15)19/h1-8,11,15H,9-10H2,(H,23,27)(H,21,22,24,26)/t15-/m0/s1. The Bertz CT molecular complexity index is 1040. The number of anilines is 2. The van der Waals surface area contributed by atoms with Gasteiger partial charge in [-0.1, -0.05) is 41.9 Å². The van der Waals surface area contributed by atoms with E-state index in [1.807, 2.05) is 12.1 Å². The molecule has 0 aliphatic carbocycles. The fraction of sp³-hybridized carbons (Fsp3) is 0.158. The number of para-hydroxylation sites is 2. The predicted molar refractivity (Wildman–Crippen MR) is 103 cm³/mol. The molecule has 28 heavy (non-hydrogen) atoms. The van der Waals surface area contributed by atoms with Crippen LogP contribution in [-0.2, 0) is 9.59 Å². The molecule has 8 nitrogen and oxygen atoms in total. The SMILES string of the molecule is O=C(COc1ccccc1[C@@H]1CC(=O)Nc2ncnn21)Nc1ccccc1Cl. The van der Waals surface area contributed by atoms with Crippen molar-refractivity contribution in [1.29, 1.82) is 0 Å². The number of benzene rings is 2. The van der Waals surface area contributed by atoms with E-state index in [0.717, 1.165) is 5.56 Å². The molecule has 1 atom stereocenters. The van der Waals surface area contributed by atoms with Crippen LogP contribution < -0.4 is 15.4 Å². The van der Waals surface area contributed by atoms with Gasteiger partial charge in [-0.2, -0.15) is 10.1 Å². The smallest absolute Gasteiger partial charge is 0.262 e. The Morgan fingerprint density at radius 1 is 1.25 bits per heavy atom. The average molecular weight is 398 g/mol. The van der Waals surface area contributed by atoms with Gasteiger partial charge in [0.25, 0.3) is 5.91 Å². The van der Waals surface area contributed by atoms with Crippen LogP contribution in [0.4, 0.5) is 11.6 Å². The predicted octanol–water partition coefficient (Wildman–Crippen LogP) is 2.88. The van der Waals surface area contributed by atoms with E-state index in [9.17, 15) is 9.59 Å². The van der Waals surface area contributed by atoms with Gasteiger partial charge in [-0.15, -0.1) is 0 Å². The first-order valence-corrected chi connectivity index (χ1v) is 8.95. The molecule has 1 aliphatic heterocycles. The maximum atomic E-state index is 12.2. The molecule has 0 saturated carbocycles. The number of nitrogens with one attached hydrogen (secondary N) is 2. The fourth-order valence-electron chi connectivity index (χ4n) is 3.03. The minimum atomic E-state index is -0.367. The lowest BCUT2D eigenvalue weighted by Crippen LogP contribution is -2.29. The summed E-state index contributed by atoms with van der Waals surface area (Å²) < 4.78 is 7.38. The number of amides is 2. The van der Waals surface area contributed by atoms with Gasteiger partial charge in [0.15, 0.2) is 6.61 Å². The van der Waals surface area contributed by atoms with Crippen molar-refractivity contribution < 1.29 is 14.3 Å². The van der Waals surface area contributed by atoms with Crippen molar-refractivity contribution in [3.05, 3.63) is 65.4 Å². The zero-order valence-corrected chi connectivity index (χ0v) is 15.4. The van der Waals surface area contributed by atoms with Crippen molar-refractivity contribution in [3.63, 3.8) is 0 Å². The zero-order chi connectivity index (χ0) is 19.5. The molecule has 4 rings (SSSR count). The molecule has 0 unspecified atom stereocenters. The molecule has 0 spiro atoms. The highest BCUT2D eigenvalue weighted by Crippen LogP contribution is 2.34. The van der Waals surface area contributed by atoms with Crippen molar-refractivity contribution in [3.8, 4) is 5.75 Å². The first-order chi connectivity index (χ1) is 13.6. The maximum absolute atomic E-state index is 12.2. The normalized spacial score (nSPS) is 15.5. The minimum Gasteiger partial charge on any atom is -0.483 e. The molecule has 2 heterocycles. The van der Waals surface area contributed by atoms with Gasteiger partial charge in [-0.05, 0) is 18.2 Å². The molecular weight excluding hydrogens is 382 g/mol. The van der Waals surface area contributed by atoms with Crippen LogP contribution in [0.25, 0.3) is 0 Å². The Kier molecular flexibility index (Phi) is 4.94. The summed E-state index contributed by atoms with van der Waals surface area (Å²) in [6, 6.07) is 13.8. The number of hydrogen-bond donors (Lipinski definition) is 2. The van der Waals surface area contributed by atoms with E-state index in [4.69, 9.17) is 16.3 Å². The summed E-state index contributed by atoms with van der Waals surface area (Å²) in [5.41, 5.74) is 1.26. The molecule has 2 aromatic carbocycles. The number of halogens is 1. The van der Waals surface area contributed by atoms with Crippen molar-refractivity contribution in [2.45, 2.75) is 12.5 Å². The Labute approximate surface area is 165 Å². The first kappa shape index (κ1) is 18.0. The molecule has 3 aromatic rings. The summed E-state index contributed by atoms with van der Waals surface area (Å²) in [4.78, 5) is 28.3. The third-order valence-electron chi connectivity index (χ3n) is 4.28. The zero-order valence-electron chi connectivity index (χ0n) is 14.6. The number of nitrogens with zero attached hydrogens (tertiary/aromatic N) is 3. The molecule has 0 saturated heterocycles. The topological polar surface area (TPSA) is 98.1 Å². The maximum Gasteiger partial charge on any atom is 0.262 e. The van der Waals surface area contributed by atoms with Gasteiger partial charge in [0.1, 0.15) is 12.1 Å². The van der Waals surface area contributed by atoms with Crippen LogP contribution in [0.2, 0.25) is 5.02 Å². The summed E-state index contributed by atoms with van der Waals surface area (Å²) in [6.45, 7) is -0.203. The quantitative estimate of drug-likeness (QED) is 0.689. The average Bonchev–Trinajstić information content (AvgIpc) is 3.16. The summed E-state index contributed by atoms with van der Waals surface area (Å²) in [5.74, 6) is 0.382. The Morgan fingerprint density at radius 3 is 2.89 bits per heavy atom. The monoisotopic (exact) mass is 397 g/mol. The largest absolute Gasteiger partial charge is 0.483 e. The van der Waals surface area contributed by atoms with E-state index in [1.165, 1.54) is 6.33 Å². The lowest BCUT2D eigenvalue weighted by molar-refractivity contribution is -0.118.